The lowest BCUT2D eigenvalue weighted by molar-refractivity contribution is 0.0866. The van der Waals surface area contributed by atoms with Gasteiger partial charge in [-0.15, -0.1) is 0 Å². The first-order chi connectivity index (χ1) is 15.5. The molecule has 2 unspecified atom stereocenters. The first-order valence-corrected chi connectivity index (χ1v) is 10.7. The Bertz CT molecular complexity index is 1230. The Morgan fingerprint density at radius 1 is 1.06 bits per heavy atom. The molecule has 1 amide bonds. The molecule has 0 radical (unpaired) electrons. The van der Waals surface area contributed by atoms with Crippen molar-refractivity contribution in [1.29, 1.82) is 0 Å². The van der Waals surface area contributed by atoms with Crippen molar-refractivity contribution in [2.75, 3.05) is 6.61 Å². The van der Waals surface area contributed by atoms with Gasteiger partial charge in [-0.25, -0.2) is 4.98 Å². The number of carbonyl (C=O) groups is 1. The van der Waals surface area contributed by atoms with Gasteiger partial charge in [0, 0.05) is 5.56 Å². The number of carbonyl (C=O) groups excluding carboxylic acids is 1. The second kappa shape index (κ2) is 9.34. The summed E-state index contributed by atoms with van der Waals surface area (Å²) >= 11 is 0. The van der Waals surface area contributed by atoms with Crippen molar-refractivity contribution in [3.63, 3.8) is 0 Å². The Morgan fingerprint density at radius 2 is 1.84 bits per heavy atom. The maximum Gasteiger partial charge on any atom is 0.251 e. The van der Waals surface area contributed by atoms with Crippen LogP contribution < -0.4 is 5.32 Å². The van der Waals surface area contributed by atoms with E-state index in [0.717, 1.165) is 27.9 Å². The summed E-state index contributed by atoms with van der Waals surface area (Å²) in [6, 6.07) is 20.3. The van der Waals surface area contributed by atoms with Crippen molar-refractivity contribution in [2.24, 2.45) is 0 Å². The molecule has 4 rings (SSSR count). The molecule has 0 aliphatic heterocycles. The van der Waals surface area contributed by atoms with Crippen molar-refractivity contribution < 1.29 is 15.0 Å². The fourth-order valence-corrected chi connectivity index (χ4v) is 3.85. The van der Waals surface area contributed by atoms with E-state index in [9.17, 15) is 15.0 Å². The van der Waals surface area contributed by atoms with Gasteiger partial charge in [0.25, 0.3) is 5.91 Å². The first-order valence-electron chi connectivity index (χ1n) is 10.7. The summed E-state index contributed by atoms with van der Waals surface area (Å²) in [5.74, 6) is -0.313. The molecule has 6 heteroatoms. The minimum absolute atomic E-state index is 0.218. The standard InChI is InChI=1S/C26H27N3O3/c1-17-8-9-18(2)24(12-17)29-16-27-22-13-20(10-11-23(22)29)26(32)28-21(15-30)14-25(31)19-6-4-3-5-7-19/h3-13,16,21,25,30-31H,14-15H2,1-2H3,(H,28,32). The van der Waals surface area contributed by atoms with E-state index in [-0.39, 0.29) is 18.9 Å². The lowest BCUT2D eigenvalue weighted by atomic mass is 10.0. The minimum atomic E-state index is -0.774. The highest BCUT2D eigenvalue weighted by atomic mass is 16.3. The smallest absolute Gasteiger partial charge is 0.251 e. The maximum atomic E-state index is 12.8. The number of imidazole rings is 1. The molecule has 0 fully saturated rings. The average molecular weight is 430 g/mol. The zero-order chi connectivity index (χ0) is 22.7. The molecule has 4 aromatic rings. The number of aliphatic hydroxyl groups is 2. The zero-order valence-corrected chi connectivity index (χ0v) is 18.2. The number of nitrogens with zero attached hydrogens (tertiary/aromatic N) is 2. The van der Waals surface area contributed by atoms with Crippen LogP contribution in [0.15, 0.2) is 73.1 Å². The third-order valence-corrected chi connectivity index (χ3v) is 5.68. The summed E-state index contributed by atoms with van der Waals surface area (Å²) in [7, 11) is 0. The van der Waals surface area contributed by atoms with E-state index >= 15 is 0 Å². The quantitative estimate of drug-likeness (QED) is 0.416. The molecule has 0 spiro atoms. The summed E-state index contributed by atoms with van der Waals surface area (Å²) < 4.78 is 2.02. The van der Waals surface area contributed by atoms with Crippen LogP contribution in [0.2, 0.25) is 0 Å². The fraction of sp³-hybridized carbons (Fsp3) is 0.231. The Labute approximate surface area is 187 Å². The molecule has 0 aliphatic carbocycles. The largest absolute Gasteiger partial charge is 0.394 e. The van der Waals surface area contributed by atoms with Crippen molar-refractivity contribution in [2.45, 2.75) is 32.4 Å². The highest BCUT2D eigenvalue weighted by Crippen LogP contribution is 2.23. The molecule has 0 aliphatic rings. The monoisotopic (exact) mass is 429 g/mol. The molecule has 1 heterocycles. The van der Waals surface area contributed by atoms with Crippen LogP contribution in [-0.2, 0) is 0 Å². The SMILES string of the molecule is Cc1ccc(C)c(-n2cnc3cc(C(=O)NC(CO)CC(O)c4ccccc4)ccc32)c1. The van der Waals surface area contributed by atoms with Crippen LogP contribution in [0.4, 0.5) is 0 Å². The highest BCUT2D eigenvalue weighted by molar-refractivity contribution is 5.97. The molecule has 0 saturated heterocycles. The number of amides is 1. The van der Waals surface area contributed by atoms with E-state index in [2.05, 4.69) is 42.3 Å². The normalized spacial score (nSPS) is 13.1. The predicted octanol–water partition coefficient (Wildman–Crippen LogP) is 3.86. The number of hydrogen-bond donors (Lipinski definition) is 3. The Hall–Kier alpha value is -3.48. The van der Waals surface area contributed by atoms with E-state index in [1.807, 2.05) is 41.0 Å². The van der Waals surface area contributed by atoms with E-state index in [1.54, 1.807) is 18.5 Å². The molecule has 164 valence electrons. The van der Waals surface area contributed by atoms with E-state index < -0.39 is 12.1 Å². The van der Waals surface area contributed by atoms with Gasteiger partial charge in [-0.3, -0.25) is 9.36 Å². The van der Waals surface area contributed by atoms with Gasteiger partial charge in [-0.05, 0) is 61.2 Å². The van der Waals surface area contributed by atoms with Crippen LogP contribution in [0.1, 0.15) is 39.6 Å². The van der Waals surface area contributed by atoms with Crippen LogP contribution in [0.25, 0.3) is 16.7 Å². The highest BCUT2D eigenvalue weighted by Gasteiger charge is 2.19. The summed E-state index contributed by atoms with van der Waals surface area (Å²) in [4.78, 5) is 17.3. The van der Waals surface area contributed by atoms with Crippen molar-refractivity contribution in [3.05, 3.63) is 95.3 Å². The Balaban J connectivity index is 1.52. The zero-order valence-electron chi connectivity index (χ0n) is 18.2. The fourth-order valence-electron chi connectivity index (χ4n) is 3.85. The van der Waals surface area contributed by atoms with Gasteiger partial charge in [-0.2, -0.15) is 0 Å². The van der Waals surface area contributed by atoms with Crippen LogP contribution in [-0.4, -0.2) is 38.3 Å². The molecule has 0 bridgehead atoms. The molecular weight excluding hydrogens is 402 g/mol. The Morgan fingerprint density at radius 3 is 2.59 bits per heavy atom. The number of nitrogens with one attached hydrogen (secondary N) is 1. The summed E-state index contributed by atoms with van der Waals surface area (Å²) in [6.07, 6.45) is 1.21. The Kier molecular flexibility index (Phi) is 6.35. The molecule has 1 aromatic heterocycles. The van der Waals surface area contributed by atoms with Crippen molar-refractivity contribution in [1.82, 2.24) is 14.9 Å². The van der Waals surface area contributed by atoms with Gasteiger partial charge in [-0.1, -0.05) is 42.5 Å². The predicted molar refractivity (Wildman–Crippen MR) is 125 cm³/mol. The van der Waals surface area contributed by atoms with Crippen LogP contribution in [0.5, 0.6) is 0 Å². The third-order valence-electron chi connectivity index (χ3n) is 5.68. The van der Waals surface area contributed by atoms with Gasteiger partial charge in [0.1, 0.15) is 6.33 Å². The lowest BCUT2D eigenvalue weighted by Gasteiger charge is -2.20. The summed E-state index contributed by atoms with van der Waals surface area (Å²) in [5, 5.41) is 23.0. The van der Waals surface area contributed by atoms with Gasteiger partial charge < -0.3 is 15.5 Å². The van der Waals surface area contributed by atoms with Crippen molar-refractivity contribution in [3.8, 4) is 5.69 Å². The topological polar surface area (TPSA) is 87.4 Å². The van der Waals surface area contributed by atoms with E-state index in [1.165, 1.54) is 0 Å². The molecule has 3 N–H and O–H groups in total. The first kappa shape index (κ1) is 21.7. The third kappa shape index (κ3) is 4.56. The van der Waals surface area contributed by atoms with E-state index in [0.29, 0.717) is 11.1 Å². The van der Waals surface area contributed by atoms with Gasteiger partial charge in [0.15, 0.2) is 0 Å². The molecule has 6 nitrogen and oxygen atoms in total. The lowest BCUT2D eigenvalue weighted by Crippen LogP contribution is -2.38. The number of aryl methyl sites for hydroxylation is 2. The minimum Gasteiger partial charge on any atom is -0.394 e. The van der Waals surface area contributed by atoms with Gasteiger partial charge in [0.2, 0.25) is 0 Å². The molecule has 2 atom stereocenters. The second-order valence-corrected chi connectivity index (χ2v) is 8.12. The number of aromatic nitrogens is 2. The molecule has 32 heavy (non-hydrogen) atoms. The number of fused-ring (bicyclic) bond motifs is 1. The van der Waals surface area contributed by atoms with E-state index in [4.69, 9.17) is 0 Å². The van der Waals surface area contributed by atoms with Gasteiger partial charge in [0.05, 0.1) is 35.5 Å². The van der Waals surface area contributed by atoms with Crippen molar-refractivity contribution >= 4 is 16.9 Å². The number of aliphatic hydroxyl groups excluding tert-OH is 2. The number of rotatable bonds is 7. The summed E-state index contributed by atoms with van der Waals surface area (Å²) in [5.41, 5.74) is 6.18. The molecule has 3 aromatic carbocycles. The molecule has 0 saturated carbocycles. The van der Waals surface area contributed by atoms with Crippen LogP contribution in [0, 0.1) is 13.8 Å². The molecular formula is C26H27N3O3. The van der Waals surface area contributed by atoms with Crippen LogP contribution >= 0.6 is 0 Å². The van der Waals surface area contributed by atoms with Crippen LogP contribution in [0.3, 0.4) is 0 Å². The second-order valence-electron chi connectivity index (χ2n) is 8.12. The number of benzene rings is 3. The van der Waals surface area contributed by atoms with Gasteiger partial charge >= 0.3 is 0 Å². The number of hydrogen-bond acceptors (Lipinski definition) is 4. The summed E-state index contributed by atoms with van der Waals surface area (Å²) in [6.45, 7) is 3.84. The maximum absolute atomic E-state index is 12.8. The average Bonchev–Trinajstić information content (AvgIpc) is 3.23.